The molecule has 32 heavy (non-hydrogen) atoms. The van der Waals surface area contributed by atoms with Crippen LogP contribution in [0, 0.1) is 0 Å². The third kappa shape index (κ3) is 4.78. The first-order chi connectivity index (χ1) is 15.5. The molecule has 1 aliphatic heterocycles. The molecule has 0 atom stereocenters. The number of nitrogens with one attached hydrogen (secondary N) is 1. The minimum atomic E-state index is -1.01. The summed E-state index contributed by atoms with van der Waals surface area (Å²) in [5.41, 5.74) is 4.80. The quantitative estimate of drug-likeness (QED) is 0.557. The van der Waals surface area contributed by atoms with Crippen molar-refractivity contribution in [2.75, 3.05) is 55.6 Å². The number of anilines is 5. The molecular weight excluding hydrogens is 406 g/mol. The number of ether oxygens (including phenoxy) is 2. The van der Waals surface area contributed by atoms with Crippen LogP contribution in [0.4, 0.5) is 28.4 Å². The van der Waals surface area contributed by atoms with Crippen molar-refractivity contribution in [2.24, 2.45) is 0 Å². The molecule has 7 nitrogen and oxygen atoms in total. The molecule has 0 radical (unpaired) electrons. The molecule has 1 fully saturated rings. The minimum Gasteiger partial charge on any atom is -0.497 e. The van der Waals surface area contributed by atoms with Crippen molar-refractivity contribution in [1.29, 1.82) is 0 Å². The topological polar surface area (TPSA) is 74.3 Å². The first kappa shape index (κ1) is 21.5. The molecule has 3 aromatic carbocycles. The zero-order valence-corrected chi connectivity index (χ0v) is 18.2. The zero-order valence-electron chi connectivity index (χ0n) is 18.2. The normalized spacial score (nSPS) is 13.5. The van der Waals surface area contributed by atoms with E-state index in [0.29, 0.717) is 11.4 Å². The first-order valence-electron chi connectivity index (χ1n) is 10.5. The first-order valence-corrected chi connectivity index (χ1v) is 10.5. The molecule has 3 aromatic rings. The smallest absolute Gasteiger partial charge is 0.337 e. The number of carboxylic acids is 1. The van der Waals surface area contributed by atoms with Gasteiger partial charge in [-0.25, -0.2) is 4.79 Å². The molecule has 166 valence electrons. The number of nitrogens with zero attached hydrogens (tertiary/aromatic N) is 2. The lowest BCUT2D eigenvalue weighted by molar-refractivity contribution is 0.0697. The van der Waals surface area contributed by atoms with Crippen molar-refractivity contribution in [3.05, 3.63) is 72.3 Å². The van der Waals surface area contributed by atoms with Crippen LogP contribution < -0.4 is 19.9 Å². The maximum atomic E-state index is 11.6. The van der Waals surface area contributed by atoms with Crippen LogP contribution in [0.2, 0.25) is 0 Å². The summed E-state index contributed by atoms with van der Waals surface area (Å²) in [6, 6.07) is 21.3. The van der Waals surface area contributed by atoms with E-state index in [4.69, 9.17) is 9.47 Å². The summed E-state index contributed by atoms with van der Waals surface area (Å²) in [6.45, 7) is 3.38. The summed E-state index contributed by atoms with van der Waals surface area (Å²) in [7, 11) is 3.54. The monoisotopic (exact) mass is 433 g/mol. The number of hydrogen-bond acceptors (Lipinski definition) is 6. The van der Waals surface area contributed by atoms with Crippen molar-refractivity contribution in [3.63, 3.8) is 0 Å². The van der Waals surface area contributed by atoms with Gasteiger partial charge in [-0.1, -0.05) is 0 Å². The van der Waals surface area contributed by atoms with Gasteiger partial charge in [-0.05, 0) is 66.7 Å². The lowest BCUT2D eigenvalue weighted by atomic mass is 10.1. The van der Waals surface area contributed by atoms with Gasteiger partial charge in [0.05, 0.1) is 31.6 Å². The van der Waals surface area contributed by atoms with E-state index in [1.165, 1.54) is 18.9 Å². The SMILES string of the molecule is COc1ccc(Nc2ccc(N(C)c3ccc(N4CCOCC4)cc3)cc2)c(C(=O)O)c1. The van der Waals surface area contributed by atoms with Gasteiger partial charge in [0.15, 0.2) is 0 Å². The zero-order chi connectivity index (χ0) is 22.5. The van der Waals surface area contributed by atoms with Gasteiger partial charge in [0, 0.05) is 42.9 Å². The average molecular weight is 434 g/mol. The fraction of sp³-hybridized carbons (Fsp3) is 0.240. The van der Waals surface area contributed by atoms with Gasteiger partial charge < -0.3 is 29.7 Å². The van der Waals surface area contributed by atoms with E-state index in [1.807, 2.05) is 31.3 Å². The van der Waals surface area contributed by atoms with Gasteiger partial charge in [0.2, 0.25) is 0 Å². The number of benzene rings is 3. The Morgan fingerprint density at radius 2 is 1.62 bits per heavy atom. The number of rotatable bonds is 7. The van der Waals surface area contributed by atoms with Crippen LogP contribution in [-0.4, -0.2) is 51.5 Å². The van der Waals surface area contributed by atoms with Gasteiger partial charge in [-0.15, -0.1) is 0 Å². The van der Waals surface area contributed by atoms with Crippen molar-refractivity contribution < 1.29 is 19.4 Å². The van der Waals surface area contributed by atoms with Crippen LogP contribution in [0.15, 0.2) is 66.7 Å². The van der Waals surface area contributed by atoms with Gasteiger partial charge in [-0.2, -0.15) is 0 Å². The Hall–Kier alpha value is -3.71. The maximum absolute atomic E-state index is 11.6. The van der Waals surface area contributed by atoms with Crippen LogP contribution in [0.1, 0.15) is 10.4 Å². The fourth-order valence-electron chi connectivity index (χ4n) is 3.72. The Kier molecular flexibility index (Phi) is 6.47. The van der Waals surface area contributed by atoms with Crippen LogP contribution in [0.3, 0.4) is 0 Å². The predicted octanol–water partition coefficient (Wildman–Crippen LogP) is 4.74. The highest BCUT2D eigenvalue weighted by atomic mass is 16.5. The second-order valence-electron chi connectivity index (χ2n) is 7.56. The molecule has 1 saturated heterocycles. The molecule has 2 N–H and O–H groups in total. The highest BCUT2D eigenvalue weighted by Crippen LogP contribution is 2.29. The summed E-state index contributed by atoms with van der Waals surface area (Å²) < 4.78 is 10.6. The number of carboxylic acid groups (broad SMARTS) is 1. The van der Waals surface area contributed by atoms with Gasteiger partial charge in [0.1, 0.15) is 5.75 Å². The molecule has 7 heteroatoms. The third-order valence-electron chi connectivity index (χ3n) is 5.60. The Morgan fingerprint density at radius 3 is 2.22 bits per heavy atom. The standard InChI is InChI=1S/C25H27N3O4/c1-27(20-7-9-21(10-8-20)28-13-15-32-16-14-28)19-5-3-18(4-6-19)26-24-12-11-22(31-2)17-23(24)25(29)30/h3-12,17,26H,13-16H2,1-2H3,(H,29,30). The predicted molar refractivity (Wildman–Crippen MR) is 127 cm³/mol. The summed E-state index contributed by atoms with van der Waals surface area (Å²) in [5.74, 6) is -0.507. The Morgan fingerprint density at radius 1 is 1.00 bits per heavy atom. The Labute approximate surface area is 187 Å². The summed E-state index contributed by atoms with van der Waals surface area (Å²) in [4.78, 5) is 16.0. The summed E-state index contributed by atoms with van der Waals surface area (Å²) >= 11 is 0. The van der Waals surface area contributed by atoms with Crippen molar-refractivity contribution in [1.82, 2.24) is 0 Å². The van der Waals surface area contributed by atoms with E-state index in [2.05, 4.69) is 39.4 Å². The van der Waals surface area contributed by atoms with Gasteiger partial charge in [0.25, 0.3) is 0 Å². The number of hydrogen-bond donors (Lipinski definition) is 2. The molecular formula is C25H27N3O4. The number of carbonyl (C=O) groups is 1. The van der Waals surface area contributed by atoms with Crippen molar-refractivity contribution in [3.8, 4) is 5.75 Å². The van der Waals surface area contributed by atoms with E-state index >= 15 is 0 Å². The summed E-state index contributed by atoms with van der Waals surface area (Å²) in [5, 5.41) is 12.7. The summed E-state index contributed by atoms with van der Waals surface area (Å²) in [6.07, 6.45) is 0. The number of aromatic carboxylic acids is 1. The number of morpholine rings is 1. The molecule has 1 heterocycles. The Balaban J connectivity index is 1.46. The molecule has 0 saturated carbocycles. The largest absolute Gasteiger partial charge is 0.497 e. The Bertz CT molecular complexity index is 1060. The molecule has 0 bridgehead atoms. The third-order valence-corrected chi connectivity index (χ3v) is 5.60. The lowest BCUT2D eigenvalue weighted by Crippen LogP contribution is -2.36. The highest BCUT2D eigenvalue weighted by Gasteiger charge is 2.13. The second-order valence-corrected chi connectivity index (χ2v) is 7.56. The van der Waals surface area contributed by atoms with Crippen LogP contribution in [0.25, 0.3) is 0 Å². The van der Waals surface area contributed by atoms with Crippen LogP contribution >= 0.6 is 0 Å². The van der Waals surface area contributed by atoms with Gasteiger partial charge >= 0.3 is 5.97 Å². The van der Waals surface area contributed by atoms with E-state index < -0.39 is 5.97 Å². The molecule has 0 unspecified atom stereocenters. The van der Waals surface area contributed by atoms with E-state index in [0.717, 1.165) is 43.4 Å². The highest BCUT2D eigenvalue weighted by molar-refractivity contribution is 5.95. The molecule has 4 rings (SSSR count). The molecule has 0 amide bonds. The number of methoxy groups -OCH3 is 1. The average Bonchev–Trinajstić information content (AvgIpc) is 2.85. The lowest BCUT2D eigenvalue weighted by Gasteiger charge is -2.29. The van der Waals surface area contributed by atoms with Gasteiger partial charge in [-0.3, -0.25) is 0 Å². The van der Waals surface area contributed by atoms with E-state index in [1.54, 1.807) is 12.1 Å². The van der Waals surface area contributed by atoms with E-state index in [-0.39, 0.29) is 5.56 Å². The van der Waals surface area contributed by atoms with Crippen molar-refractivity contribution >= 4 is 34.4 Å². The maximum Gasteiger partial charge on any atom is 0.337 e. The second kappa shape index (κ2) is 9.62. The molecule has 0 spiro atoms. The fourth-order valence-corrected chi connectivity index (χ4v) is 3.72. The van der Waals surface area contributed by atoms with E-state index in [9.17, 15) is 9.90 Å². The van der Waals surface area contributed by atoms with Crippen LogP contribution in [-0.2, 0) is 4.74 Å². The van der Waals surface area contributed by atoms with Crippen molar-refractivity contribution in [2.45, 2.75) is 0 Å². The molecule has 0 aromatic heterocycles. The minimum absolute atomic E-state index is 0.158. The molecule has 0 aliphatic carbocycles. The molecule has 1 aliphatic rings. The van der Waals surface area contributed by atoms with Crippen LogP contribution in [0.5, 0.6) is 5.75 Å².